The van der Waals surface area contributed by atoms with Gasteiger partial charge in [0.15, 0.2) is 0 Å². The van der Waals surface area contributed by atoms with Crippen LogP contribution in [0, 0.1) is 5.92 Å². The largest absolute Gasteiger partial charge is 0.340 e. The Balaban J connectivity index is 1.50. The maximum absolute atomic E-state index is 13.2. The summed E-state index contributed by atoms with van der Waals surface area (Å²) in [4.78, 5) is 27.7. The molecule has 3 fully saturated rings. The van der Waals surface area contributed by atoms with E-state index in [1.54, 1.807) is 4.90 Å². The first-order valence-corrected chi connectivity index (χ1v) is 8.86. The van der Waals surface area contributed by atoms with Gasteiger partial charge in [-0.25, -0.2) is 14.2 Å². The lowest BCUT2D eigenvalue weighted by atomic mass is 9.86. The standard InChI is InChI=1S/C15H23ClF2N4O2/c16-13-11(7-19-20-14(13)24)21-5-6-22(12(23)9-21)8-10-1-3-15(17,18)4-2-10/h10-11,13,19H,1-9H2,(H,20,24). The molecular weight excluding hydrogens is 342 g/mol. The second kappa shape index (κ2) is 7.09. The van der Waals surface area contributed by atoms with Gasteiger partial charge in [-0.2, -0.15) is 0 Å². The van der Waals surface area contributed by atoms with Crippen LogP contribution in [0.3, 0.4) is 0 Å². The zero-order chi connectivity index (χ0) is 17.3. The van der Waals surface area contributed by atoms with Crippen molar-refractivity contribution in [2.45, 2.75) is 43.0 Å². The van der Waals surface area contributed by atoms with E-state index < -0.39 is 11.3 Å². The minimum Gasteiger partial charge on any atom is -0.340 e. The molecule has 2 unspecified atom stereocenters. The van der Waals surface area contributed by atoms with E-state index in [9.17, 15) is 18.4 Å². The van der Waals surface area contributed by atoms with Crippen molar-refractivity contribution in [2.75, 3.05) is 32.7 Å². The van der Waals surface area contributed by atoms with Gasteiger partial charge in [-0.3, -0.25) is 19.9 Å². The Morgan fingerprint density at radius 3 is 2.58 bits per heavy atom. The van der Waals surface area contributed by atoms with E-state index in [4.69, 9.17) is 11.6 Å². The lowest BCUT2D eigenvalue weighted by Gasteiger charge is -2.42. The smallest absolute Gasteiger partial charge is 0.253 e. The van der Waals surface area contributed by atoms with Gasteiger partial charge in [0.2, 0.25) is 11.8 Å². The van der Waals surface area contributed by atoms with Crippen molar-refractivity contribution in [2.24, 2.45) is 5.92 Å². The number of nitrogens with one attached hydrogen (secondary N) is 2. The topological polar surface area (TPSA) is 64.7 Å². The Hall–Kier alpha value is -0.990. The number of carbonyl (C=O) groups is 2. The first-order chi connectivity index (χ1) is 11.4. The fourth-order valence-electron chi connectivity index (χ4n) is 3.70. The highest BCUT2D eigenvalue weighted by Gasteiger charge is 2.39. The molecule has 2 saturated heterocycles. The number of hydrogen-bond acceptors (Lipinski definition) is 4. The molecule has 2 amide bonds. The molecule has 0 spiro atoms. The Morgan fingerprint density at radius 1 is 1.21 bits per heavy atom. The minimum atomic E-state index is -2.54. The van der Waals surface area contributed by atoms with E-state index in [1.165, 1.54) is 0 Å². The monoisotopic (exact) mass is 364 g/mol. The van der Waals surface area contributed by atoms with Crippen LogP contribution in [0.2, 0.25) is 0 Å². The molecule has 24 heavy (non-hydrogen) atoms. The molecule has 2 heterocycles. The number of rotatable bonds is 3. The van der Waals surface area contributed by atoms with Crippen molar-refractivity contribution in [1.29, 1.82) is 0 Å². The zero-order valence-corrected chi connectivity index (χ0v) is 14.2. The van der Waals surface area contributed by atoms with Gasteiger partial charge in [0.1, 0.15) is 5.38 Å². The van der Waals surface area contributed by atoms with Crippen LogP contribution in [-0.4, -0.2) is 71.7 Å². The molecule has 2 aliphatic heterocycles. The highest BCUT2D eigenvalue weighted by molar-refractivity contribution is 6.31. The Kier molecular flexibility index (Phi) is 5.27. The second-order valence-corrected chi connectivity index (χ2v) is 7.42. The van der Waals surface area contributed by atoms with E-state index in [2.05, 4.69) is 10.9 Å². The van der Waals surface area contributed by atoms with Crippen molar-refractivity contribution >= 4 is 23.4 Å². The van der Waals surface area contributed by atoms with Gasteiger partial charge in [-0.05, 0) is 18.8 Å². The summed E-state index contributed by atoms with van der Waals surface area (Å²) in [6, 6.07) is -0.222. The molecule has 6 nitrogen and oxygen atoms in total. The quantitative estimate of drug-likeness (QED) is 0.719. The van der Waals surface area contributed by atoms with Gasteiger partial charge in [0, 0.05) is 45.1 Å². The third-order valence-corrected chi connectivity index (χ3v) is 5.73. The van der Waals surface area contributed by atoms with E-state index in [1.807, 2.05) is 4.90 Å². The zero-order valence-electron chi connectivity index (χ0n) is 13.4. The van der Waals surface area contributed by atoms with E-state index in [0.29, 0.717) is 39.0 Å². The molecule has 2 atom stereocenters. The van der Waals surface area contributed by atoms with Gasteiger partial charge in [0.25, 0.3) is 5.91 Å². The Bertz CT molecular complexity index is 498. The number of amides is 2. The predicted octanol–water partition coefficient (Wildman–Crippen LogP) is 0.567. The summed E-state index contributed by atoms with van der Waals surface area (Å²) in [5, 5.41) is -0.689. The van der Waals surface area contributed by atoms with Crippen LogP contribution < -0.4 is 10.9 Å². The molecule has 0 aromatic heterocycles. The van der Waals surface area contributed by atoms with E-state index in [0.717, 1.165) is 0 Å². The highest BCUT2D eigenvalue weighted by atomic mass is 35.5. The molecule has 2 N–H and O–H groups in total. The van der Waals surface area contributed by atoms with Crippen molar-refractivity contribution in [1.82, 2.24) is 20.7 Å². The van der Waals surface area contributed by atoms with E-state index >= 15 is 0 Å². The number of piperazine rings is 1. The third-order valence-electron chi connectivity index (χ3n) is 5.24. The fraction of sp³-hybridized carbons (Fsp3) is 0.867. The van der Waals surface area contributed by atoms with Crippen molar-refractivity contribution in [3.8, 4) is 0 Å². The number of alkyl halides is 3. The number of carbonyl (C=O) groups excluding carboxylic acids is 2. The van der Waals surface area contributed by atoms with Crippen molar-refractivity contribution in [3.05, 3.63) is 0 Å². The van der Waals surface area contributed by atoms with Crippen LogP contribution >= 0.6 is 11.6 Å². The molecule has 136 valence electrons. The lowest BCUT2D eigenvalue weighted by Crippen LogP contribution is -2.65. The van der Waals surface area contributed by atoms with Gasteiger partial charge >= 0.3 is 0 Å². The highest BCUT2D eigenvalue weighted by Crippen LogP contribution is 2.36. The molecular formula is C15H23ClF2N4O2. The summed E-state index contributed by atoms with van der Waals surface area (Å²) in [6.07, 6.45) is 0.777. The maximum atomic E-state index is 13.2. The molecule has 3 aliphatic rings. The van der Waals surface area contributed by atoms with Gasteiger partial charge in [-0.1, -0.05) is 0 Å². The summed E-state index contributed by atoms with van der Waals surface area (Å²) in [5.41, 5.74) is 5.27. The summed E-state index contributed by atoms with van der Waals surface area (Å²) in [7, 11) is 0. The number of hydrazine groups is 1. The molecule has 9 heteroatoms. The Labute approximate surface area is 144 Å². The molecule has 1 aliphatic carbocycles. The maximum Gasteiger partial charge on any atom is 0.253 e. The summed E-state index contributed by atoms with van der Waals surface area (Å²) < 4.78 is 26.4. The normalized spacial score (nSPS) is 32.7. The molecule has 0 aromatic carbocycles. The number of halogens is 3. The minimum absolute atomic E-state index is 0.0200. The Morgan fingerprint density at radius 2 is 1.92 bits per heavy atom. The molecule has 0 radical (unpaired) electrons. The number of nitrogens with zero attached hydrogens (tertiary/aromatic N) is 2. The van der Waals surface area contributed by atoms with Crippen molar-refractivity contribution < 1.29 is 18.4 Å². The molecule has 3 rings (SSSR count). The lowest BCUT2D eigenvalue weighted by molar-refractivity contribution is -0.140. The summed E-state index contributed by atoms with van der Waals surface area (Å²) in [6.45, 7) is 2.44. The second-order valence-electron chi connectivity index (χ2n) is 6.95. The van der Waals surface area contributed by atoms with Crippen LogP contribution in [-0.2, 0) is 9.59 Å². The molecule has 0 aromatic rings. The average Bonchev–Trinajstić information content (AvgIpc) is 2.54. The van der Waals surface area contributed by atoms with Gasteiger partial charge in [0.05, 0.1) is 6.54 Å². The van der Waals surface area contributed by atoms with Crippen LogP contribution in [0.25, 0.3) is 0 Å². The van der Waals surface area contributed by atoms with Crippen LogP contribution in [0.1, 0.15) is 25.7 Å². The van der Waals surface area contributed by atoms with E-state index in [-0.39, 0.29) is 43.2 Å². The van der Waals surface area contributed by atoms with Gasteiger partial charge in [-0.15, -0.1) is 11.6 Å². The first-order valence-electron chi connectivity index (χ1n) is 8.42. The van der Waals surface area contributed by atoms with Crippen LogP contribution in [0.4, 0.5) is 8.78 Å². The van der Waals surface area contributed by atoms with Crippen LogP contribution in [0.15, 0.2) is 0 Å². The van der Waals surface area contributed by atoms with Crippen molar-refractivity contribution in [3.63, 3.8) is 0 Å². The average molecular weight is 365 g/mol. The predicted molar refractivity (Wildman–Crippen MR) is 84.6 cm³/mol. The summed E-state index contributed by atoms with van der Waals surface area (Å²) in [5.74, 6) is -2.69. The molecule has 0 bridgehead atoms. The summed E-state index contributed by atoms with van der Waals surface area (Å²) >= 11 is 6.14. The fourth-order valence-corrected chi connectivity index (χ4v) is 4.00. The van der Waals surface area contributed by atoms with Gasteiger partial charge < -0.3 is 4.90 Å². The first kappa shape index (κ1) is 17.8. The SMILES string of the molecule is O=C1NNCC(N2CCN(CC3CCC(F)(F)CC3)C(=O)C2)C1Cl. The molecule has 1 saturated carbocycles. The third kappa shape index (κ3) is 3.97. The number of hydrogen-bond donors (Lipinski definition) is 2. The van der Waals surface area contributed by atoms with Crippen LogP contribution in [0.5, 0.6) is 0 Å².